The first-order valence-electron chi connectivity index (χ1n) is 47.4. The Morgan fingerprint density at radius 2 is 1.12 bits per heavy atom. The highest BCUT2D eigenvalue weighted by Crippen LogP contribution is 2.37. The van der Waals surface area contributed by atoms with Crippen molar-refractivity contribution in [3.8, 4) is 0 Å². The number of aromatic nitrogens is 11. The Balaban J connectivity index is 0.000000138. The Bertz CT molecular complexity index is 7330. The molecule has 13 heterocycles. The second kappa shape index (κ2) is 43.0. The molecule has 0 amide bonds. The number of benzene rings is 6. The first-order valence-corrected chi connectivity index (χ1v) is 51.7. The number of morpholine rings is 1. The minimum atomic E-state index is -3.96. The smallest absolute Gasteiger partial charge is 0.276 e. The summed E-state index contributed by atoms with van der Waals surface area (Å²) in [7, 11) is 2.95. The number of rotatable bonds is 28. The number of anilines is 8. The number of imidazole rings is 1. The number of sulfone groups is 1. The lowest BCUT2D eigenvalue weighted by atomic mass is 9.89. The van der Waals surface area contributed by atoms with Crippen LogP contribution in [-0.2, 0) is 55.0 Å². The molecule has 0 spiro atoms. The van der Waals surface area contributed by atoms with E-state index in [-0.39, 0.29) is 69.4 Å². The number of likely N-dealkylation sites (tertiary alicyclic amines) is 3. The maximum Gasteiger partial charge on any atom is 0.276 e. The fourth-order valence-corrected chi connectivity index (χ4v) is 23.6. The zero-order valence-corrected chi connectivity index (χ0v) is 81.4. The van der Waals surface area contributed by atoms with Gasteiger partial charge in [0, 0.05) is 119 Å². The third kappa shape index (κ3) is 22.1. The van der Waals surface area contributed by atoms with Crippen LogP contribution in [0.1, 0.15) is 145 Å². The molecule has 34 heteroatoms. The van der Waals surface area contributed by atoms with Crippen molar-refractivity contribution in [1.82, 2.24) is 77.5 Å². The Morgan fingerprint density at radius 3 is 1.73 bits per heavy atom. The van der Waals surface area contributed by atoms with Crippen molar-refractivity contribution in [2.24, 2.45) is 0 Å². The molecule has 1 saturated carbocycles. The fourth-order valence-electron chi connectivity index (χ4n) is 19.1. The highest BCUT2D eigenvalue weighted by molar-refractivity contribution is 7.91. The Kier molecular flexibility index (Phi) is 29.7. The van der Waals surface area contributed by atoms with Gasteiger partial charge in [-0.1, -0.05) is 129 Å². The van der Waals surface area contributed by atoms with Crippen molar-refractivity contribution >= 4 is 116 Å². The number of likely N-dealkylation sites (N-methyl/N-ethyl adjacent to an activating group) is 1. The van der Waals surface area contributed by atoms with Gasteiger partial charge in [0.2, 0.25) is 32.8 Å². The van der Waals surface area contributed by atoms with Crippen LogP contribution in [0.15, 0.2) is 282 Å². The van der Waals surface area contributed by atoms with Crippen LogP contribution < -0.4 is 42.8 Å². The molecule has 4 unspecified atom stereocenters. The standard InChI is InChI=1S/C36H36N8O3S.C36H40N6O4S.C33H40N6O4S/c1-41-19-17-27(18-20-41)26-13-15-29(16-14-26)39-36-38-22-28-21-33(42(2)30-9-5-3-6-10-30)35(45)43(34(28)40-36)24-31-23-37-25-44(31)48(46,47)32-11-7-4-8-12-32;1-25(26-9-6-5-7-10-26)32-21-30-22-37-36(38-31-14-12-27(13-15-31)28-11-8-17-41(4)23-28)39-33(30)42(34(32)43)24-29-16-19-46-35(29)47(44,45)20-18-40(2)3;1-38-15-5-4-8-27(38)26-18-23-19-35-33(36-24-11-9-22(10-12-24)28-20-34-14-17-43-28)37-31(23)39(32(26)40)21-29-30(13-16-42-29)44(41)25-6-2-3-7-25/h3-16,21-23,25,27H,17-20,24H2,1-2H3,(H,38,39,40);5-7,9-10,12-16,19,21-22,28H,1,8,11,17-18,20,23-24H2,2-4H3,(H,37,38,39);9-13,16,18-19,25,27-28,34H,2-8,14-15,17,20-21H2,1H3,(H,35,36,37). The normalized spacial score (nSPS) is 17.3. The van der Waals surface area contributed by atoms with Crippen LogP contribution in [0, 0.1) is 0 Å². The lowest BCUT2D eigenvalue weighted by molar-refractivity contribution is 0.0277. The van der Waals surface area contributed by atoms with Gasteiger partial charge in [-0.2, -0.15) is 15.0 Å². The topological polar surface area (TPSA) is 346 Å². The summed E-state index contributed by atoms with van der Waals surface area (Å²) in [6.07, 6.45) is 22.7. The summed E-state index contributed by atoms with van der Waals surface area (Å²) in [5.41, 5.74) is 11.0. The molecule has 6 aromatic carbocycles. The lowest BCUT2D eigenvalue weighted by Gasteiger charge is -2.32. The van der Waals surface area contributed by atoms with E-state index in [1.54, 1.807) is 81.7 Å². The van der Waals surface area contributed by atoms with Crippen molar-refractivity contribution in [1.29, 1.82) is 0 Å². The highest BCUT2D eigenvalue weighted by atomic mass is 32.2. The van der Waals surface area contributed by atoms with Crippen LogP contribution in [0.5, 0.6) is 0 Å². The van der Waals surface area contributed by atoms with E-state index < -0.39 is 30.7 Å². The first-order chi connectivity index (χ1) is 67.4. The zero-order chi connectivity index (χ0) is 96.4. The average molecular weight is 1930 g/mol. The molecule has 5 fully saturated rings. The first kappa shape index (κ1) is 96.0. The summed E-state index contributed by atoms with van der Waals surface area (Å²) in [6.45, 7) is 12.2. The quantitative estimate of drug-likeness (QED) is 0.0354. The SMILES string of the molecule is C=C(c1ccccc1)c1cc2cnc(Nc3ccc(C4CCCN(C)C4)cc3)nc2n(Cc2ccoc2S(=O)(=O)CCN(C)C)c1=O.CN1CCC(c2ccc(Nc3ncc4cc(N(C)c5ccccc5)c(=O)n(Cc5cncn5S(=O)(=O)c5ccccc5)c4n3)cc2)CC1.CN1CCCCC1c1cc2cnc(Nc3ccc(C4CNCCO4)cc3)nc2n(Cc2occc2S(=O)C2CCCC2)c1=O. The van der Waals surface area contributed by atoms with Crippen molar-refractivity contribution in [2.75, 3.05) is 128 Å². The number of para-hydroxylation sites is 1. The van der Waals surface area contributed by atoms with Crippen molar-refractivity contribution in [3.63, 3.8) is 0 Å². The van der Waals surface area contributed by atoms with E-state index in [0.29, 0.717) is 109 Å². The maximum absolute atomic E-state index is 14.3. The summed E-state index contributed by atoms with van der Waals surface area (Å²) >= 11 is 0. The molecule has 4 atom stereocenters. The molecule has 9 aromatic heterocycles. The molecular weight excluding hydrogens is 1810 g/mol. The predicted octanol–water partition coefficient (Wildman–Crippen LogP) is 16.0. The van der Waals surface area contributed by atoms with Crippen molar-refractivity contribution in [2.45, 2.75) is 134 Å². The number of ether oxygens (including phenoxy) is 1. The number of piperidine rings is 3. The van der Waals surface area contributed by atoms with Gasteiger partial charge in [-0.05, 0) is 243 Å². The van der Waals surface area contributed by atoms with Gasteiger partial charge in [0.1, 0.15) is 34.7 Å². The lowest BCUT2D eigenvalue weighted by Crippen LogP contribution is -2.36. The van der Waals surface area contributed by atoms with E-state index in [2.05, 4.69) is 108 Å². The molecule has 20 rings (SSSR count). The van der Waals surface area contributed by atoms with E-state index in [4.69, 9.17) is 28.5 Å². The second-order valence-electron chi connectivity index (χ2n) is 36.8. The van der Waals surface area contributed by atoms with Crippen LogP contribution >= 0.6 is 0 Å². The summed E-state index contributed by atoms with van der Waals surface area (Å²) in [5.74, 6) is 2.51. The van der Waals surface area contributed by atoms with Crippen molar-refractivity contribution < 1.29 is 34.6 Å². The largest absolute Gasteiger partial charge is 0.466 e. The van der Waals surface area contributed by atoms with Gasteiger partial charge in [0.05, 0.1) is 83.1 Å². The van der Waals surface area contributed by atoms with Crippen LogP contribution in [-0.4, -0.2) is 205 Å². The second-order valence-corrected chi connectivity index (χ2v) is 42.3. The van der Waals surface area contributed by atoms with Crippen LogP contribution in [0.3, 0.4) is 0 Å². The maximum atomic E-state index is 14.3. The van der Waals surface area contributed by atoms with E-state index in [9.17, 15) is 35.4 Å². The molecule has 5 aliphatic rings. The van der Waals surface area contributed by atoms with Gasteiger partial charge in [0.25, 0.3) is 26.7 Å². The van der Waals surface area contributed by atoms with Gasteiger partial charge in [-0.15, -0.1) is 0 Å². The van der Waals surface area contributed by atoms with Crippen LogP contribution in [0.25, 0.3) is 38.7 Å². The predicted molar refractivity (Wildman–Crippen MR) is 545 cm³/mol. The number of hydrogen-bond acceptors (Lipinski definition) is 27. The molecule has 0 radical (unpaired) electrons. The number of fused-ring (bicyclic) bond motifs is 3. The Morgan fingerprint density at radius 1 is 0.554 bits per heavy atom. The Labute approximate surface area is 810 Å². The summed E-state index contributed by atoms with van der Waals surface area (Å²) in [4.78, 5) is 86.5. The highest BCUT2D eigenvalue weighted by Gasteiger charge is 2.33. The van der Waals surface area contributed by atoms with E-state index >= 15 is 0 Å². The van der Waals surface area contributed by atoms with E-state index in [1.807, 2.05) is 136 Å². The molecular formula is C105H116N20O11S3. The number of nitrogens with one attached hydrogen (secondary N) is 4. The number of hydrogen-bond donors (Lipinski definition) is 4. The molecule has 139 heavy (non-hydrogen) atoms. The molecule has 31 nitrogen and oxygen atoms in total. The fraction of sp³-hybridized carbons (Fsp3) is 0.333. The van der Waals surface area contributed by atoms with Crippen molar-refractivity contribution in [3.05, 3.63) is 326 Å². The minimum Gasteiger partial charge on any atom is -0.466 e. The molecule has 0 bridgehead atoms. The van der Waals surface area contributed by atoms with Crippen LogP contribution in [0.4, 0.5) is 46.3 Å². The van der Waals surface area contributed by atoms with Gasteiger partial charge in [-0.25, -0.2) is 40.7 Å². The monoisotopic (exact) mass is 1930 g/mol. The molecule has 4 aliphatic heterocycles. The molecule has 15 aromatic rings. The Hall–Kier alpha value is -13.3. The van der Waals surface area contributed by atoms with Gasteiger partial charge in [-0.3, -0.25) is 37.2 Å². The zero-order valence-electron chi connectivity index (χ0n) is 79.0. The molecule has 4 saturated heterocycles. The number of furan rings is 2. The van der Waals surface area contributed by atoms with E-state index in [1.165, 1.54) is 64.0 Å². The van der Waals surface area contributed by atoms with Gasteiger partial charge in [0.15, 0.2) is 0 Å². The summed E-state index contributed by atoms with van der Waals surface area (Å²) < 4.78 is 90.3. The van der Waals surface area contributed by atoms with Gasteiger partial charge >= 0.3 is 0 Å². The third-order valence-electron chi connectivity index (χ3n) is 26.9. The minimum absolute atomic E-state index is 0.0234. The van der Waals surface area contributed by atoms with E-state index in [0.717, 1.165) is 152 Å². The number of nitrogens with zero attached hydrogens (tertiary/aromatic N) is 16. The van der Waals surface area contributed by atoms with Gasteiger partial charge < -0.3 is 54.4 Å². The third-order valence-corrected chi connectivity index (χ3v) is 32.1. The average Bonchev–Trinajstić information content (AvgIpc) is 1.75. The molecule has 1 aliphatic carbocycles. The summed E-state index contributed by atoms with van der Waals surface area (Å²) in [6, 6.07) is 60.8. The molecule has 4 N–H and O–H groups in total. The van der Waals surface area contributed by atoms with Crippen LogP contribution in [0.2, 0.25) is 0 Å². The molecule has 720 valence electrons. The number of pyridine rings is 3. The summed E-state index contributed by atoms with van der Waals surface area (Å²) in [5, 5.41) is 15.2.